The van der Waals surface area contributed by atoms with Gasteiger partial charge in [0.05, 0.1) is 6.20 Å². The van der Waals surface area contributed by atoms with Gasteiger partial charge in [0.25, 0.3) is 0 Å². The lowest BCUT2D eigenvalue weighted by molar-refractivity contribution is -0.0981. The minimum Gasteiger partial charge on any atom is -0.346 e. The highest BCUT2D eigenvalue weighted by atomic mass is 16.7. The van der Waals surface area contributed by atoms with Crippen LogP contribution in [0.25, 0.3) is 0 Å². The number of hydrazine groups is 2. The molecule has 68 valence electrons. The number of nitrogens with two attached hydrogens (primary N) is 1. The third kappa shape index (κ3) is 1.51. The van der Waals surface area contributed by atoms with E-state index in [1.54, 1.807) is 19.0 Å². The SMILES string of the molecule is CN(C)C1=CNN(C(=O)NN)O1. The van der Waals surface area contributed by atoms with Crippen molar-refractivity contribution in [3.05, 3.63) is 12.1 Å². The fraction of sp³-hybridized carbons (Fsp3) is 0.400. The number of hydroxylamine groups is 1. The van der Waals surface area contributed by atoms with Gasteiger partial charge in [-0.25, -0.2) is 10.6 Å². The molecule has 2 amide bonds. The Morgan fingerprint density at radius 3 is 2.92 bits per heavy atom. The van der Waals surface area contributed by atoms with Gasteiger partial charge >= 0.3 is 6.03 Å². The Morgan fingerprint density at radius 1 is 1.83 bits per heavy atom. The molecule has 0 bridgehead atoms. The van der Waals surface area contributed by atoms with Crippen molar-refractivity contribution in [2.75, 3.05) is 14.1 Å². The Bertz CT molecular complexity index is 214. The Balaban J connectivity index is 2.47. The van der Waals surface area contributed by atoms with Crippen LogP contribution in [0.2, 0.25) is 0 Å². The van der Waals surface area contributed by atoms with E-state index in [1.165, 1.54) is 6.20 Å². The second-order valence-electron chi connectivity index (χ2n) is 2.34. The minimum absolute atomic E-state index is 0.526. The molecule has 0 unspecified atom stereocenters. The Hall–Kier alpha value is -1.63. The first-order chi connectivity index (χ1) is 5.65. The van der Waals surface area contributed by atoms with E-state index >= 15 is 0 Å². The van der Waals surface area contributed by atoms with Gasteiger partial charge in [-0.3, -0.25) is 10.9 Å². The first-order valence-corrected chi connectivity index (χ1v) is 3.27. The van der Waals surface area contributed by atoms with Gasteiger partial charge in [-0.15, -0.1) is 0 Å². The average molecular weight is 173 g/mol. The zero-order valence-electron chi connectivity index (χ0n) is 6.87. The maximum absolute atomic E-state index is 10.8. The molecule has 7 heteroatoms. The molecular formula is C5H11N5O2. The van der Waals surface area contributed by atoms with E-state index in [-0.39, 0.29) is 0 Å². The number of nitrogens with zero attached hydrogens (tertiary/aromatic N) is 2. The summed E-state index contributed by atoms with van der Waals surface area (Å²) in [5.41, 5.74) is 4.47. The van der Waals surface area contributed by atoms with Crippen molar-refractivity contribution >= 4 is 6.03 Å². The molecule has 1 rings (SSSR count). The van der Waals surface area contributed by atoms with Crippen molar-refractivity contribution in [3.8, 4) is 0 Å². The fourth-order valence-electron chi connectivity index (χ4n) is 0.630. The molecule has 0 aromatic heterocycles. The summed E-state index contributed by atoms with van der Waals surface area (Å²) < 4.78 is 0. The van der Waals surface area contributed by atoms with Gasteiger partial charge in [-0.05, 0) is 0 Å². The van der Waals surface area contributed by atoms with Gasteiger partial charge < -0.3 is 9.74 Å². The predicted octanol–water partition coefficient (Wildman–Crippen LogP) is -1.32. The van der Waals surface area contributed by atoms with E-state index in [9.17, 15) is 4.79 Å². The monoisotopic (exact) mass is 173 g/mol. The zero-order valence-corrected chi connectivity index (χ0v) is 6.87. The number of amides is 2. The zero-order chi connectivity index (χ0) is 9.14. The third-order valence-electron chi connectivity index (χ3n) is 1.24. The highest BCUT2D eigenvalue weighted by Crippen LogP contribution is 2.08. The first-order valence-electron chi connectivity index (χ1n) is 3.27. The highest BCUT2D eigenvalue weighted by Gasteiger charge is 2.21. The summed E-state index contributed by atoms with van der Waals surface area (Å²) in [6.45, 7) is 0. The van der Waals surface area contributed by atoms with Crippen LogP contribution in [0.5, 0.6) is 0 Å². The van der Waals surface area contributed by atoms with Crippen molar-refractivity contribution in [2.45, 2.75) is 0 Å². The van der Waals surface area contributed by atoms with Crippen LogP contribution in [0, 0.1) is 0 Å². The summed E-state index contributed by atoms with van der Waals surface area (Å²) in [4.78, 5) is 17.5. The second kappa shape index (κ2) is 3.18. The van der Waals surface area contributed by atoms with Crippen LogP contribution in [0.15, 0.2) is 12.1 Å². The number of hydrogen-bond acceptors (Lipinski definition) is 5. The van der Waals surface area contributed by atoms with Gasteiger partial charge in [0.2, 0.25) is 5.88 Å². The molecule has 0 aromatic rings. The summed E-state index contributed by atoms with van der Waals surface area (Å²) in [5.74, 6) is 5.40. The molecule has 4 N–H and O–H groups in total. The smallest absolute Gasteiger partial charge is 0.346 e. The van der Waals surface area contributed by atoms with Crippen LogP contribution in [0.4, 0.5) is 4.79 Å². The maximum Gasteiger partial charge on any atom is 0.384 e. The van der Waals surface area contributed by atoms with Crippen molar-refractivity contribution < 1.29 is 9.63 Å². The van der Waals surface area contributed by atoms with Crippen molar-refractivity contribution in [2.24, 2.45) is 5.84 Å². The van der Waals surface area contributed by atoms with Crippen molar-refractivity contribution in [3.63, 3.8) is 0 Å². The molecule has 0 atom stereocenters. The number of carbonyl (C=O) groups excluding carboxylic acids is 1. The van der Waals surface area contributed by atoms with Gasteiger partial charge in [0.1, 0.15) is 0 Å². The maximum atomic E-state index is 10.8. The summed E-state index contributed by atoms with van der Waals surface area (Å²) in [6, 6.07) is -0.567. The van der Waals surface area contributed by atoms with Gasteiger partial charge in [0.15, 0.2) is 0 Å². The van der Waals surface area contributed by atoms with E-state index in [0.29, 0.717) is 5.88 Å². The fourth-order valence-corrected chi connectivity index (χ4v) is 0.630. The van der Waals surface area contributed by atoms with Gasteiger partial charge in [-0.1, -0.05) is 5.17 Å². The van der Waals surface area contributed by atoms with E-state index < -0.39 is 6.03 Å². The van der Waals surface area contributed by atoms with Crippen LogP contribution in [-0.4, -0.2) is 30.2 Å². The normalized spacial score (nSPS) is 14.6. The van der Waals surface area contributed by atoms with E-state index in [2.05, 4.69) is 5.43 Å². The van der Waals surface area contributed by atoms with Gasteiger partial charge in [0, 0.05) is 14.1 Å². The van der Waals surface area contributed by atoms with E-state index in [4.69, 9.17) is 10.7 Å². The molecule has 1 aliphatic rings. The quantitative estimate of drug-likeness (QED) is 0.260. The van der Waals surface area contributed by atoms with Crippen LogP contribution >= 0.6 is 0 Å². The average Bonchev–Trinajstić information content (AvgIpc) is 2.51. The predicted molar refractivity (Wildman–Crippen MR) is 40.5 cm³/mol. The van der Waals surface area contributed by atoms with Crippen molar-refractivity contribution in [1.82, 2.24) is 20.9 Å². The molecule has 0 fully saturated rings. The van der Waals surface area contributed by atoms with Crippen LogP contribution < -0.4 is 16.7 Å². The largest absolute Gasteiger partial charge is 0.384 e. The standard InChI is InChI=1S/C5H11N5O2/c1-9(2)4-3-7-10(12-4)5(11)8-6/h3,7H,6H2,1-2H3,(H,8,11). The second-order valence-corrected chi connectivity index (χ2v) is 2.34. The molecule has 7 nitrogen and oxygen atoms in total. The Morgan fingerprint density at radius 2 is 2.50 bits per heavy atom. The minimum atomic E-state index is -0.567. The van der Waals surface area contributed by atoms with E-state index in [0.717, 1.165) is 5.17 Å². The van der Waals surface area contributed by atoms with Crippen LogP contribution in [0.1, 0.15) is 0 Å². The number of carbonyl (C=O) groups is 1. The lowest BCUT2D eigenvalue weighted by Gasteiger charge is -2.16. The Labute approximate surface area is 69.6 Å². The van der Waals surface area contributed by atoms with Crippen LogP contribution in [0.3, 0.4) is 0 Å². The summed E-state index contributed by atoms with van der Waals surface area (Å²) >= 11 is 0. The molecule has 0 radical (unpaired) electrons. The number of hydrogen-bond donors (Lipinski definition) is 3. The van der Waals surface area contributed by atoms with Crippen LogP contribution in [-0.2, 0) is 4.84 Å². The molecule has 0 saturated heterocycles. The Kier molecular flexibility index (Phi) is 2.24. The molecule has 0 saturated carbocycles. The summed E-state index contributed by atoms with van der Waals surface area (Å²) in [5, 5.41) is 0.884. The molecule has 0 aromatic carbocycles. The summed E-state index contributed by atoms with van der Waals surface area (Å²) in [7, 11) is 3.58. The molecular weight excluding hydrogens is 162 g/mol. The molecule has 0 spiro atoms. The van der Waals surface area contributed by atoms with Gasteiger partial charge in [-0.2, -0.15) is 0 Å². The number of urea groups is 1. The third-order valence-corrected chi connectivity index (χ3v) is 1.24. The molecule has 0 aliphatic carbocycles. The lowest BCUT2D eigenvalue weighted by Crippen LogP contribution is -2.46. The number of nitrogens with one attached hydrogen (secondary N) is 2. The first kappa shape index (κ1) is 8.47. The number of rotatable bonds is 1. The molecule has 1 heterocycles. The summed E-state index contributed by atoms with van der Waals surface area (Å²) in [6.07, 6.45) is 1.54. The van der Waals surface area contributed by atoms with E-state index in [1.807, 2.05) is 5.43 Å². The molecule has 1 aliphatic heterocycles. The topological polar surface area (TPSA) is 82.9 Å². The highest BCUT2D eigenvalue weighted by molar-refractivity contribution is 5.72. The molecule has 12 heavy (non-hydrogen) atoms. The lowest BCUT2D eigenvalue weighted by atomic mass is 10.7. The van der Waals surface area contributed by atoms with Crippen molar-refractivity contribution in [1.29, 1.82) is 0 Å².